The first kappa shape index (κ1) is 60.7. The van der Waals surface area contributed by atoms with Gasteiger partial charge in [0, 0.05) is 83.4 Å². The van der Waals surface area contributed by atoms with Crippen molar-refractivity contribution >= 4 is 104 Å². The molecule has 6 aromatic heterocycles. The number of aromatic nitrogens is 8. The fourth-order valence-corrected chi connectivity index (χ4v) is 9.72. The number of hydrogen-bond acceptors (Lipinski definition) is 14. The summed E-state index contributed by atoms with van der Waals surface area (Å²) in [5.41, 5.74) is 12.9. The fourth-order valence-electron chi connectivity index (χ4n) is 9.33. The Labute approximate surface area is 489 Å². The van der Waals surface area contributed by atoms with Crippen LogP contribution in [-0.4, -0.2) is 99.5 Å². The second kappa shape index (κ2) is 30.0. The van der Waals surface area contributed by atoms with E-state index in [9.17, 15) is 19.2 Å². The molecule has 4 atom stereocenters. The van der Waals surface area contributed by atoms with E-state index in [0.717, 1.165) is 92.8 Å². The van der Waals surface area contributed by atoms with Gasteiger partial charge >= 0.3 is 0 Å². The van der Waals surface area contributed by atoms with E-state index in [-0.39, 0.29) is 54.3 Å². The van der Waals surface area contributed by atoms with Crippen LogP contribution in [-0.2, 0) is 14.3 Å². The second-order valence-electron chi connectivity index (χ2n) is 19.0. The molecule has 2 aliphatic carbocycles. The number of rotatable bonds is 13. The van der Waals surface area contributed by atoms with Gasteiger partial charge in [0.25, 0.3) is 11.8 Å². The fraction of sp³-hybridized carbons (Fsp3) is 0.276. The van der Waals surface area contributed by atoms with Crippen molar-refractivity contribution < 1.29 is 23.9 Å². The van der Waals surface area contributed by atoms with Crippen LogP contribution in [0.25, 0.3) is 33.5 Å². The smallest absolute Gasteiger partial charge is 0.251 e. The molecule has 19 nitrogen and oxygen atoms in total. The minimum absolute atomic E-state index is 0. The lowest BCUT2D eigenvalue weighted by Crippen LogP contribution is -2.42. The summed E-state index contributed by atoms with van der Waals surface area (Å²) in [5, 5.41) is 25.0. The van der Waals surface area contributed by atoms with E-state index < -0.39 is 5.24 Å². The highest BCUT2D eigenvalue weighted by Crippen LogP contribution is 2.32. The number of allylic oxidation sites excluding steroid dienone is 1. The van der Waals surface area contributed by atoms with E-state index in [1.807, 2.05) is 48.8 Å². The van der Waals surface area contributed by atoms with Crippen LogP contribution in [0.3, 0.4) is 0 Å². The first-order valence-electron chi connectivity index (χ1n) is 26.2. The number of halogens is 4. The molecule has 0 bridgehead atoms. The molecule has 7 N–H and O–H groups in total. The van der Waals surface area contributed by atoms with Gasteiger partial charge in [-0.25, -0.2) is 29.0 Å². The quantitative estimate of drug-likeness (QED) is 0.0357. The van der Waals surface area contributed by atoms with Crippen molar-refractivity contribution in [2.75, 3.05) is 34.9 Å². The number of fused-ring (bicyclic) bond motifs is 2. The molecule has 0 spiro atoms. The van der Waals surface area contributed by atoms with Crippen molar-refractivity contribution in [1.29, 1.82) is 0 Å². The molecule has 11 rings (SSSR count). The molecule has 0 radical (unpaired) electrons. The maximum atomic E-state index is 12.8. The zero-order valence-electron chi connectivity index (χ0n) is 44.1. The number of carbonyl (C=O) groups is 4. The Morgan fingerprint density at radius 1 is 0.605 bits per heavy atom. The maximum Gasteiger partial charge on any atom is 0.251 e. The van der Waals surface area contributed by atoms with E-state index in [1.54, 1.807) is 82.3 Å². The van der Waals surface area contributed by atoms with Gasteiger partial charge in [0.15, 0.2) is 0 Å². The molecular formula is C58H62Cl4N14O5. The molecule has 3 amide bonds. The van der Waals surface area contributed by atoms with Gasteiger partial charge in [-0.05, 0) is 161 Å². The average Bonchev–Trinajstić information content (AvgIpc) is 4.51. The molecule has 23 heteroatoms. The zero-order valence-corrected chi connectivity index (χ0v) is 47.2. The summed E-state index contributed by atoms with van der Waals surface area (Å²) in [6, 6.07) is 25.7. The highest BCUT2D eigenvalue weighted by Gasteiger charge is 2.27. The molecule has 7 heterocycles. The molecule has 0 unspecified atom stereocenters. The van der Waals surface area contributed by atoms with Gasteiger partial charge in [0.1, 0.15) is 0 Å². The zero-order chi connectivity index (χ0) is 56.4. The van der Waals surface area contributed by atoms with Gasteiger partial charge in [0.05, 0.1) is 57.3 Å². The third-order valence-corrected chi connectivity index (χ3v) is 14.0. The van der Waals surface area contributed by atoms with E-state index in [0.29, 0.717) is 55.8 Å². The topological polar surface area (TPSA) is 250 Å². The highest BCUT2D eigenvalue weighted by atomic mass is 35.5. The van der Waals surface area contributed by atoms with Crippen molar-refractivity contribution in [2.45, 2.75) is 88.4 Å². The predicted octanol–water partition coefficient (Wildman–Crippen LogP) is 11.1. The van der Waals surface area contributed by atoms with Gasteiger partial charge in [-0.2, -0.15) is 10.2 Å². The van der Waals surface area contributed by atoms with Gasteiger partial charge < -0.3 is 37.1 Å². The van der Waals surface area contributed by atoms with Crippen LogP contribution in [0.4, 0.5) is 23.3 Å². The van der Waals surface area contributed by atoms with Crippen LogP contribution < -0.4 is 32.3 Å². The standard InChI is InChI=1S/C27H26ClN7O2.C24H24ClN7O.C4H8O.C3H3ClO.ClH/c1-2-24(36)31-18-11-9-17(10-12-18)26(37)32-19-6-5-7-20(14-19)33-27-29-16-22(28)25(34-27)21-15-30-35-13-4-3-8-23(21)35;25-20-14-27-24(31-22(20)19-13-28-32-11-2-1-6-21(19)32)30-18-5-3-4-17(12-18)29-23(33)15-7-9-16(26)10-8-15;1-2-4-5-3-1;1-2-3(4)5;/h2-4,8-13,15-16,19-20H,1,5-7,14H2,(H,31,36)(H,32,37)(H,29,33,34);1-2,6-11,13-14,17-18H,3-5,12,26H2,(H,29,33)(H,27,30,31);1-4H2;2H,1H2;1H/t19-,20+;17-,18+;;;/m00.../s1. The summed E-state index contributed by atoms with van der Waals surface area (Å²) in [7, 11) is 0. The molecule has 1 saturated heterocycles. The molecular weight excluding hydrogens is 1110 g/mol. The molecule has 3 aliphatic rings. The Morgan fingerprint density at radius 2 is 1.05 bits per heavy atom. The van der Waals surface area contributed by atoms with Crippen LogP contribution in [0.15, 0.2) is 147 Å². The largest absolute Gasteiger partial charge is 0.399 e. The lowest BCUT2D eigenvalue weighted by Gasteiger charge is -2.30. The van der Waals surface area contributed by atoms with Crippen LogP contribution in [0, 0.1) is 0 Å². The van der Waals surface area contributed by atoms with Crippen molar-refractivity contribution in [1.82, 2.24) is 49.8 Å². The number of nitrogens with one attached hydrogen (secondary N) is 5. The first-order chi connectivity index (χ1) is 38.8. The summed E-state index contributed by atoms with van der Waals surface area (Å²) in [5.74, 6) is 0.474. The van der Waals surface area contributed by atoms with Crippen molar-refractivity contribution in [3.05, 3.63) is 169 Å². The third-order valence-electron chi connectivity index (χ3n) is 13.3. The molecule has 2 saturated carbocycles. The minimum atomic E-state index is -0.509. The van der Waals surface area contributed by atoms with Gasteiger partial charge in [-0.15, -0.1) is 12.4 Å². The summed E-state index contributed by atoms with van der Waals surface area (Å²) in [4.78, 5) is 64.5. The Hall–Kier alpha value is -7.94. The Balaban J connectivity index is 0.000000198. The summed E-state index contributed by atoms with van der Waals surface area (Å²) in [6.07, 6.45) is 22.5. The summed E-state index contributed by atoms with van der Waals surface area (Å²) < 4.78 is 8.51. The number of nitrogens with zero attached hydrogens (tertiary/aromatic N) is 8. The number of ether oxygens (including phenoxy) is 1. The number of carbonyl (C=O) groups excluding carboxylic acids is 4. The van der Waals surface area contributed by atoms with E-state index in [1.165, 1.54) is 18.9 Å². The number of pyridine rings is 2. The number of nitrogen functional groups attached to an aromatic ring is 1. The summed E-state index contributed by atoms with van der Waals surface area (Å²) in [6.45, 7) is 8.51. The van der Waals surface area contributed by atoms with Gasteiger partial charge in [-0.1, -0.05) is 48.5 Å². The first-order valence-corrected chi connectivity index (χ1v) is 27.3. The van der Waals surface area contributed by atoms with E-state index >= 15 is 0 Å². The lowest BCUT2D eigenvalue weighted by molar-refractivity contribution is -0.112. The van der Waals surface area contributed by atoms with Crippen LogP contribution in [0.5, 0.6) is 0 Å². The van der Waals surface area contributed by atoms with E-state index in [2.05, 4.69) is 59.9 Å². The average molecular weight is 1180 g/mol. The number of benzene rings is 2. The Bertz CT molecular complexity index is 3420. The van der Waals surface area contributed by atoms with Crippen molar-refractivity contribution in [2.24, 2.45) is 0 Å². The SMILES string of the molecule is C1CCOC1.C=CC(=O)Cl.C=CC(=O)Nc1ccc(C(=O)N[C@H]2CCC[C@@H](Nc3ncc(Cl)c(-c4cnn5ccccc45)n3)C2)cc1.Cl.Nc1ccc(C(=O)N[C@H]2CCC[C@@H](Nc3ncc(Cl)c(-c4cnn5ccccc45)n3)C2)cc1. The van der Waals surface area contributed by atoms with Gasteiger partial charge in [-0.3, -0.25) is 19.2 Å². The lowest BCUT2D eigenvalue weighted by atomic mass is 9.91. The highest BCUT2D eigenvalue weighted by molar-refractivity contribution is 6.66. The molecule has 8 aromatic rings. The second-order valence-corrected chi connectivity index (χ2v) is 20.2. The minimum Gasteiger partial charge on any atom is -0.399 e. The van der Waals surface area contributed by atoms with Crippen LogP contribution >= 0.6 is 47.2 Å². The Morgan fingerprint density at radius 3 is 1.47 bits per heavy atom. The van der Waals surface area contributed by atoms with Crippen molar-refractivity contribution in [3.8, 4) is 22.5 Å². The van der Waals surface area contributed by atoms with E-state index in [4.69, 9.17) is 55.2 Å². The normalized spacial score (nSPS) is 17.2. The van der Waals surface area contributed by atoms with Gasteiger partial charge in [0.2, 0.25) is 23.0 Å². The summed E-state index contributed by atoms with van der Waals surface area (Å²) >= 11 is 17.6. The molecule has 422 valence electrons. The predicted molar refractivity (Wildman–Crippen MR) is 321 cm³/mol. The monoisotopic (exact) mass is 1170 g/mol. The van der Waals surface area contributed by atoms with Crippen molar-refractivity contribution in [3.63, 3.8) is 0 Å². The number of anilines is 4. The molecule has 2 aromatic carbocycles. The van der Waals surface area contributed by atoms with Crippen LogP contribution in [0.1, 0.15) is 84.9 Å². The number of nitrogens with two attached hydrogens (primary N) is 1. The molecule has 3 fully saturated rings. The van der Waals surface area contributed by atoms with Crippen LogP contribution in [0.2, 0.25) is 10.0 Å². The Kier molecular flexibility index (Phi) is 22.5. The number of amides is 3. The molecule has 1 aliphatic heterocycles. The number of hydrogen-bond donors (Lipinski definition) is 6. The molecule has 81 heavy (non-hydrogen) atoms. The third kappa shape index (κ3) is 17.3. The maximum absolute atomic E-state index is 12.8.